The predicted molar refractivity (Wildman–Crippen MR) is 53.8 cm³/mol. The summed E-state index contributed by atoms with van der Waals surface area (Å²) in [6.45, 7) is 4.23. The van der Waals surface area contributed by atoms with Crippen molar-refractivity contribution in [3.05, 3.63) is 0 Å². The van der Waals surface area contributed by atoms with Crippen LogP contribution >= 0.6 is 0 Å². The van der Waals surface area contributed by atoms with Crippen LogP contribution in [-0.2, 0) is 4.74 Å². The van der Waals surface area contributed by atoms with E-state index < -0.39 is 0 Å². The summed E-state index contributed by atoms with van der Waals surface area (Å²) in [6, 6.07) is 0.648. The van der Waals surface area contributed by atoms with Crippen molar-refractivity contribution in [1.29, 1.82) is 0 Å². The van der Waals surface area contributed by atoms with Crippen LogP contribution in [-0.4, -0.2) is 24.8 Å². The molecule has 2 rings (SSSR count). The maximum Gasteiger partial charge on any atom is 0.0835 e. The highest BCUT2D eigenvalue weighted by molar-refractivity contribution is 5.01. The fraction of sp³-hybridized carbons (Fsp3) is 1.00. The molecule has 0 aromatic heterocycles. The number of nitrogens with one attached hydrogen (secondary N) is 1. The molecule has 76 valence electrons. The molecule has 1 spiro atoms. The van der Waals surface area contributed by atoms with Gasteiger partial charge in [-0.1, -0.05) is 19.8 Å². The molecule has 2 nitrogen and oxygen atoms in total. The van der Waals surface area contributed by atoms with Gasteiger partial charge in [-0.05, 0) is 25.7 Å². The highest BCUT2D eigenvalue weighted by Gasteiger charge is 2.46. The summed E-state index contributed by atoms with van der Waals surface area (Å²) in [4.78, 5) is 0. The van der Waals surface area contributed by atoms with Crippen molar-refractivity contribution < 1.29 is 4.74 Å². The summed E-state index contributed by atoms with van der Waals surface area (Å²) >= 11 is 0. The van der Waals surface area contributed by atoms with Gasteiger partial charge < -0.3 is 10.1 Å². The van der Waals surface area contributed by atoms with Gasteiger partial charge in [0.15, 0.2) is 0 Å². The molecule has 1 heterocycles. The Kier molecular flexibility index (Phi) is 2.89. The fourth-order valence-corrected chi connectivity index (χ4v) is 2.57. The van der Waals surface area contributed by atoms with Gasteiger partial charge in [0.2, 0.25) is 0 Å². The summed E-state index contributed by atoms with van der Waals surface area (Å²) in [7, 11) is 0. The molecule has 2 fully saturated rings. The lowest BCUT2D eigenvalue weighted by atomic mass is 9.72. The lowest BCUT2D eigenvalue weighted by Gasteiger charge is -2.50. The Morgan fingerprint density at radius 2 is 2.31 bits per heavy atom. The fourth-order valence-electron chi connectivity index (χ4n) is 2.57. The molecule has 0 amide bonds. The lowest BCUT2D eigenvalue weighted by Crippen LogP contribution is -2.61. The van der Waals surface area contributed by atoms with Crippen molar-refractivity contribution in [2.45, 2.75) is 57.1 Å². The van der Waals surface area contributed by atoms with Crippen molar-refractivity contribution in [3.8, 4) is 0 Å². The number of rotatable bonds is 3. The van der Waals surface area contributed by atoms with Gasteiger partial charge in [-0.3, -0.25) is 0 Å². The number of hydrogen-bond acceptors (Lipinski definition) is 2. The molecule has 1 saturated carbocycles. The van der Waals surface area contributed by atoms with Gasteiger partial charge in [0.25, 0.3) is 0 Å². The van der Waals surface area contributed by atoms with E-state index >= 15 is 0 Å². The maximum atomic E-state index is 5.95. The molecule has 0 bridgehead atoms. The molecule has 2 aliphatic rings. The number of hydrogen-bond donors (Lipinski definition) is 1. The Bertz CT molecular complexity index is 165. The minimum Gasteiger partial charge on any atom is -0.372 e. The van der Waals surface area contributed by atoms with Crippen molar-refractivity contribution in [1.82, 2.24) is 5.32 Å². The van der Waals surface area contributed by atoms with Gasteiger partial charge in [0, 0.05) is 12.6 Å². The van der Waals surface area contributed by atoms with Gasteiger partial charge >= 0.3 is 0 Å². The number of unbranched alkanes of at least 4 members (excludes halogenated alkanes) is 1. The first-order valence-electron chi connectivity index (χ1n) is 5.75. The highest BCUT2D eigenvalue weighted by Crippen LogP contribution is 2.41. The molecule has 1 aliphatic heterocycles. The molecule has 0 aromatic rings. The second-order valence-corrected chi connectivity index (χ2v) is 4.42. The van der Waals surface area contributed by atoms with E-state index in [2.05, 4.69) is 12.2 Å². The average molecular weight is 183 g/mol. The zero-order chi connectivity index (χ0) is 9.15. The minimum absolute atomic E-state index is 0.257. The van der Waals surface area contributed by atoms with Crippen LogP contribution in [0.15, 0.2) is 0 Å². The van der Waals surface area contributed by atoms with Crippen LogP contribution in [0.2, 0.25) is 0 Å². The van der Waals surface area contributed by atoms with Gasteiger partial charge in [-0.15, -0.1) is 0 Å². The Morgan fingerprint density at radius 1 is 1.46 bits per heavy atom. The molecule has 2 heteroatoms. The summed E-state index contributed by atoms with van der Waals surface area (Å²) < 4.78 is 5.95. The summed E-state index contributed by atoms with van der Waals surface area (Å²) in [6.07, 6.45) is 7.88. The molecule has 1 aliphatic carbocycles. The molecular formula is C11H21NO. The second kappa shape index (κ2) is 3.97. The largest absolute Gasteiger partial charge is 0.372 e. The molecule has 1 unspecified atom stereocenters. The Labute approximate surface area is 81.0 Å². The molecular weight excluding hydrogens is 162 g/mol. The van der Waals surface area contributed by atoms with Crippen LogP contribution in [0.5, 0.6) is 0 Å². The van der Waals surface area contributed by atoms with Crippen LogP contribution in [0.4, 0.5) is 0 Å². The standard InChI is InChI=1S/C11H21NO/c1-2-3-5-10-11(6-4-7-11)13-9-8-12-10/h10,12H,2-9H2,1H3. The van der Waals surface area contributed by atoms with E-state index in [4.69, 9.17) is 4.74 Å². The van der Waals surface area contributed by atoms with E-state index in [1.54, 1.807) is 0 Å². The molecule has 0 aromatic carbocycles. The van der Waals surface area contributed by atoms with E-state index in [1.807, 2.05) is 0 Å². The third kappa shape index (κ3) is 1.75. The molecule has 1 saturated heterocycles. The topological polar surface area (TPSA) is 21.3 Å². The third-order valence-electron chi connectivity index (χ3n) is 3.56. The van der Waals surface area contributed by atoms with Gasteiger partial charge in [0.05, 0.1) is 12.2 Å². The SMILES string of the molecule is CCCCC1NCCOC12CCC2. The highest BCUT2D eigenvalue weighted by atomic mass is 16.5. The zero-order valence-electron chi connectivity index (χ0n) is 8.64. The monoisotopic (exact) mass is 183 g/mol. The molecule has 1 N–H and O–H groups in total. The van der Waals surface area contributed by atoms with Crippen LogP contribution in [0.3, 0.4) is 0 Å². The first-order valence-corrected chi connectivity index (χ1v) is 5.75. The van der Waals surface area contributed by atoms with Crippen molar-refractivity contribution >= 4 is 0 Å². The lowest BCUT2D eigenvalue weighted by molar-refractivity contribution is -0.146. The average Bonchev–Trinajstić information content (AvgIpc) is 2.12. The summed E-state index contributed by atoms with van der Waals surface area (Å²) in [5.41, 5.74) is 0.257. The maximum absolute atomic E-state index is 5.95. The predicted octanol–water partition coefficient (Wildman–Crippen LogP) is 2.09. The van der Waals surface area contributed by atoms with E-state index in [1.165, 1.54) is 38.5 Å². The molecule has 13 heavy (non-hydrogen) atoms. The van der Waals surface area contributed by atoms with Crippen molar-refractivity contribution in [3.63, 3.8) is 0 Å². The smallest absolute Gasteiger partial charge is 0.0835 e. The van der Waals surface area contributed by atoms with Gasteiger partial charge in [0.1, 0.15) is 0 Å². The zero-order valence-corrected chi connectivity index (χ0v) is 8.64. The van der Waals surface area contributed by atoms with E-state index in [9.17, 15) is 0 Å². The Balaban J connectivity index is 1.89. The van der Waals surface area contributed by atoms with Crippen LogP contribution in [0, 0.1) is 0 Å². The van der Waals surface area contributed by atoms with Crippen LogP contribution in [0.25, 0.3) is 0 Å². The van der Waals surface area contributed by atoms with E-state index in [-0.39, 0.29) is 5.60 Å². The van der Waals surface area contributed by atoms with Crippen molar-refractivity contribution in [2.75, 3.05) is 13.2 Å². The first-order chi connectivity index (χ1) is 6.37. The van der Waals surface area contributed by atoms with Gasteiger partial charge in [-0.2, -0.15) is 0 Å². The van der Waals surface area contributed by atoms with Crippen LogP contribution in [0.1, 0.15) is 45.4 Å². The Morgan fingerprint density at radius 3 is 2.92 bits per heavy atom. The normalized spacial score (nSPS) is 31.6. The quantitative estimate of drug-likeness (QED) is 0.723. The minimum atomic E-state index is 0.257. The second-order valence-electron chi connectivity index (χ2n) is 4.42. The number of morpholine rings is 1. The third-order valence-corrected chi connectivity index (χ3v) is 3.56. The van der Waals surface area contributed by atoms with Gasteiger partial charge in [-0.25, -0.2) is 0 Å². The number of ether oxygens (including phenoxy) is 1. The van der Waals surface area contributed by atoms with Crippen molar-refractivity contribution in [2.24, 2.45) is 0 Å². The summed E-state index contributed by atoms with van der Waals surface area (Å²) in [5, 5.41) is 3.62. The van der Waals surface area contributed by atoms with E-state index in [0.717, 1.165) is 13.2 Å². The van der Waals surface area contributed by atoms with E-state index in [0.29, 0.717) is 6.04 Å². The van der Waals surface area contributed by atoms with Crippen LogP contribution < -0.4 is 5.32 Å². The Hall–Kier alpha value is -0.0800. The molecule has 1 atom stereocenters. The first kappa shape index (κ1) is 9.47. The molecule has 0 radical (unpaired) electrons. The summed E-state index contributed by atoms with van der Waals surface area (Å²) in [5.74, 6) is 0.